The van der Waals surface area contributed by atoms with Crippen LogP contribution in [0.15, 0.2) is 48.5 Å². The number of carbonyl (C=O) groups is 2. The summed E-state index contributed by atoms with van der Waals surface area (Å²) in [6.07, 6.45) is 7.37. The molecule has 3 rings (SSSR count). The fraction of sp³-hybridized carbons (Fsp3) is 0.533. The summed E-state index contributed by atoms with van der Waals surface area (Å²) in [6, 6.07) is 16.6. The third-order valence-electron chi connectivity index (χ3n) is 7.05. The van der Waals surface area contributed by atoms with Crippen LogP contribution in [0, 0.1) is 6.92 Å². The van der Waals surface area contributed by atoms with Gasteiger partial charge in [-0.3, -0.25) is 9.59 Å². The summed E-state index contributed by atoms with van der Waals surface area (Å²) in [5.74, 6) is 0.533. The van der Waals surface area contributed by atoms with E-state index in [4.69, 9.17) is 0 Å². The van der Waals surface area contributed by atoms with E-state index in [-0.39, 0.29) is 17.9 Å². The summed E-state index contributed by atoms with van der Waals surface area (Å²) < 4.78 is 0. The van der Waals surface area contributed by atoms with Crippen LogP contribution in [0.1, 0.15) is 93.9 Å². The van der Waals surface area contributed by atoms with E-state index >= 15 is 0 Å². The van der Waals surface area contributed by atoms with Crippen molar-refractivity contribution in [2.24, 2.45) is 0 Å². The molecule has 34 heavy (non-hydrogen) atoms. The molecular weight excluding hydrogens is 420 g/mol. The van der Waals surface area contributed by atoms with Crippen LogP contribution < -0.4 is 5.32 Å². The lowest BCUT2D eigenvalue weighted by molar-refractivity contribution is -0.141. The summed E-state index contributed by atoms with van der Waals surface area (Å²) in [5.41, 5.74) is 4.70. The summed E-state index contributed by atoms with van der Waals surface area (Å²) in [7, 11) is 0. The number of nitrogens with one attached hydrogen (secondary N) is 1. The van der Waals surface area contributed by atoms with E-state index in [1.807, 2.05) is 24.0 Å². The Kier molecular flexibility index (Phi) is 9.74. The van der Waals surface area contributed by atoms with E-state index in [0.29, 0.717) is 31.7 Å². The van der Waals surface area contributed by atoms with Gasteiger partial charge in [-0.1, -0.05) is 94.1 Å². The van der Waals surface area contributed by atoms with E-state index < -0.39 is 6.04 Å². The lowest BCUT2D eigenvalue weighted by Gasteiger charge is -2.33. The highest BCUT2D eigenvalue weighted by Gasteiger charge is 2.30. The fourth-order valence-electron chi connectivity index (χ4n) is 4.94. The van der Waals surface area contributed by atoms with Crippen molar-refractivity contribution in [3.05, 3.63) is 70.8 Å². The minimum Gasteiger partial charge on any atom is -0.352 e. The Morgan fingerprint density at radius 2 is 1.71 bits per heavy atom. The lowest BCUT2D eigenvalue weighted by atomic mass is 9.95. The smallest absolute Gasteiger partial charge is 0.243 e. The number of rotatable bonds is 10. The molecule has 0 aliphatic heterocycles. The van der Waals surface area contributed by atoms with Crippen LogP contribution in [0.2, 0.25) is 0 Å². The van der Waals surface area contributed by atoms with E-state index in [0.717, 1.165) is 29.5 Å². The highest BCUT2D eigenvalue weighted by atomic mass is 16.2. The number of nitrogens with zero attached hydrogens (tertiary/aromatic N) is 1. The summed E-state index contributed by atoms with van der Waals surface area (Å²) in [4.78, 5) is 28.7. The molecule has 0 aromatic heterocycles. The van der Waals surface area contributed by atoms with Crippen LogP contribution in [-0.2, 0) is 22.6 Å². The Bertz CT molecular complexity index is 929. The molecule has 1 N–H and O–H groups in total. The third kappa shape index (κ3) is 7.44. The number of carbonyl (C=O) groups excluding carboxylic acids is 2. The van der Waals surface area contributed by atoms with Crippen molar-refractivity contribution < 1.29 is 9.59 Å². The zero-order valence-electron chi connectivity index (χ0n) is 21.5. The zero-order valence-corrected chi connectivity index (χ0v) is 21.5. The molecule has 0 saturated heterocycles. The Hall–Kier alpha value is -2.62. The van der Waals surface area contributed by atoms with Gasteiger partial charge < -0.3 is 10.2 Å². The quantitative estimate of drug-likeness (QED) is 0.450. The maximum atomic E-state index is 13.5. The summed E-state index contributed by atoms with van der Waals surface area (Å²) >= 11 is 0. The maximum Gasteiger partial charge on any atom is 0.243 e. The van der Waals surface area contributed by atoms with Crippen LogP contribution >= 0.6 is 0 Å². The van der Waals surface area contributed by atoms with Gasteiger partial charge in [-0.15, -0.1) is 0 Å². The number of amides is 2. The number of hydrogen-bond donors (Lipinski definition) is 1. The van der Waals surface area contributed by atoms with Crippen molar-refractivity contribution in [3.63, 3.8) is 0 Å². The van der Waals surface area contributed by atoms with Crippen LogP contribution in [0.25, 0.3) is 0 Å². The molecule has 1 fully saturated rings. The average Bonchev–Trinajstić information content (AvgIpc) is 2.83. The second-order valence-electron chi connectivity index (χ2n) is 10.2. The van der Waals surface area contributed by atoms with Crippen molar-refractivity contribution in [2.45, 2.75) is 104 Å². The lowest BCUT2D eigenvalue weighted by Crippen LogP contribution is -2.51. The topological polar surface area (TPSA) is 49.4 Å². The first-order valence-electron chi connectivity index (χ1n) is 13.1. The molecular formula is C30H42N2O2. The highest BCUT2D eigenvalue weighted by Crippen LogP contribution is 2.20. The van der Waals surface area contributed by atoms with Crippen LogP contribution in [0.5, 0.6) is 0 Å². The molecule has 4 nitrogen and oxygen atoms in total. The molecule has 0 radical (unpaired) electrons. The SMILES string of the molecule is CC[C@@H](C(=O)NC1CCCCC1)N(Cc1cccc(C)c1)C(=O)CCc1ccc(C(C)C)cc1. The van der Waals surface area contributed by atoms with Crippen molar-refractivity contribution in [3.8, 4) is 0 Å². The molecule has 0 unspecified atom stereocenters. The van der Waals surface area contributed by atoms with E-state index in [1.165, 1.54) is 24.8 Å². The molecule has 1 aliphatic rings. The number of benzene rings is 2. The van der Waals surface area contributed by atoms with Gasteiger partial charge in [-0.25, -0.2) is 0 Å². The molecule has 2 aromatic carbocycles. The Morgan fingerprint density at radius 3 is 2.32 bits per heavy atom. The van der Waals surface area contributed by atoms with E-state index in [2.05, 4.69) is 62.5 Å². The second-order valence-corrected chi connectivity index (χ2v) is 10.2. The number of hydrogen-bond acceptors (Lipinski definition) is 2. The van der Waals surface area contributed by atoms with Crippen LogP contribution in [0.4, 0.5) is 0 Å². The van der Waals surface area contributed by atoms with Crippen molar-refractivity contribution in [1.82, 2.24) is 10.2 Å². The van der Waals surface area contributed by atoms with Gasteiger partial charge in [0.2, 0.25) is 11.8 Å². The predicted octanol–water partition coefficient (Wildman–Crippen LogP) is 6.31. The zero-order chi connectivity index (χ0) is 24.5. The minimum absolute atomic E-state index is 0.00307. The molecule has 2 aromatic rings. The first-order valence-corrected chi connectivity index (χ1v) is 13.1. The van der Waals surface area contributed by atoms with Gasteiger partial charge in [0.15, 0.2) is 0 Å². The molecule has 0 spiro atoms. The first kappa shape index (κ1) is 26.0. The van der Waals surface area contributed by atoms with Gasteiger partial charge in [-0.05, 0) is 55.2 Å². The largest absolute Gasteiger partial charge is 0.352 e. The molecule has 0 heterocycles. The van der Waals surface area contributed by atoms with Crippen LogP contribution in [0.3, 0.4) is 0 Å². The normalized spacial score (nSPS) is 15.2. The Balaban J connectivity index is 1.73. The first-order chi connectivity index (χ1) is 16.4. The molecule has 0 bridgehead atoms. The standard InChI is InChI=1S/C30H42N2O2/c1-5-28(30(34)31-27-12-7-6-8-13-27)32(21-25-11-9-10-23(4)20-25)29(33)19-16-24-14-17-26(18-15-24)22(2)3/h9-11,14-15,17-18,20,22,27-28H,5-8,12-13,16,19,21H2,1-4H3,(H,31,34)/t28-/m0/s1. The highest BCUT2D eigenvalue weighted by molar-refractivity contribution is 5.88. The van der Waals surface area contributed by atoms with Gasteiger partial charge in [-0.2, -0.15) is 0 Å². The Morgan fingerprint density at radius 1 is 1.00 bits per heavy atom. The predicted molar refractivity (Wildman–Crippen MR) is 140 cm³/mol. The van der Waals surface area contributed by atoms with Gasteiger partial charge in [0.25, 0.3) is 0 Å². The van der Waals surface area contributed by atoms with Crippen molar-refractivity contribution in [2.75, 3.05) is 0 Å². The molecule has 1 aliphatic carbocycles. The third-order valence-corrected chi connectivity index (χ3v) is 7.05. The molecule has 1 atom stereocenters. The van der Waals surface area contributed by atoms with Gasteiger partial charge in [0.05, 0.1) is 0 Å². The summed E-state index contributed by atoms with van der Waals surface area (Å²) in [6.45, 7) is 8.90. The average molecular weight is 463 g/mol. The van der Waals surface area contributed by atoms with Gasteiger partial charge in [0.1, 0.15) is 6.04 Å². The monoisotopic (exact) mass is 462 g/mol. The van der Waals surface area contributed by atoms with Gasteiger partial charge >= 0.3 is 0 Å². The summed E-state index contributed by atoms with van der Waals surface area (Å²) in [5, 5.41) is 3.26. The van der Waals surface area contributed by atoms with Crippen LogP contribution in [-0.4, -0.2) is 28.8 Å². The maximum absolute atomic E-state index is 13.5. The molecule has 4 heteroatoms. The molecule has 2 amide bonds. The second kappa shape index (κ2) is 12.7. The van der Waals surface area contributed by atoms with E-state index in [9.17, 15) is 9.59 Å². The number of aryl methyl sites for hydroxylation is 2. The van der Waals surface area contributed by atoms with Crippen molar-refractivity contribution in [1.29, 1.82) is 0 Å². The fourth-order valence-corrected chi connectivity index (χ4v) is 4.94. The molecule has 1 saturated carbocycles. The minimum atomic E-state index is -0.446. The Labute approximate surface area is 206 Å². The van der Waals surface area contributed by atoms with E-state index in [1.54, 1.807) is 0 Å². The van der Waals surface area contributed by atoms with Gasteiger partial charge in [0, 0.05) is 19.0 Å². The molecule has 184 valence electrons. The van der Waals surface area contributed by atoms with Crippen molar-refractivity contribution >= 4 is 11.8 Å².